The third-order valence-corrected chi connectivity index (χ3v) is 4.33. The summed E-state index contributed by atoms with van der Waals surface area (Å²) >= 11 is 12.0. The zero-order valence-electron chi connectivity index (χ0n) is 9.77. The fraction of sp³-hybridized carbons (Fsp3) is 0.182. The van der Waals surface area contributed by atoms with Crippen molar-refractivity contribution in [1.82, 2.24) is 9.55 Å². The van der Waals surface area contributed by atoms with Crippen LogP contribution in [0.2, 0.25) is 10.0 Å². The SMILES string of the molecule is Cc1nc(S(=O)(=O)Cl)cn1Cc1cc(Cl)ccc1Cl. The number of benzene rings is 1. The van der Waals surface area contributed by atoms with Crippen LogP contribution in [0.1, 0.15) is 11.4 Å². The van der Waals surface area contributed by atoms with E-state index in [1.54, 1.807) is 29.7 Å². The van der Waals surface area contributed by atoms with Gasteiger partial charge in [0.1, 0.15) is 5.82 Å². The molecule has 0 aliphatic carbocycles. The average Bonchev–Trinajstić information content (AvgIpc) is 2.65. The second kappa shape index (κ2) is 5.32. The molecular formula is C11H9Cl3N2O2S. The number of aryl methyl sites for hydroxylation is 1. The molecule has 102 valence electrons. The highest BCUT2D eigenvalue weighted by Crippen LogP contribution is 2.23. The maximum absolute atomic E-state index is 11.2. The molecule has 0 spiro atoms. The lowest BCUT2D eigenvalue weighted by Gasteiger charge is -2.07. The quantitative estimate of drug-likeness (QED) is 0.805. The molecule has 0 fully saturated rings. The molecule has 0 saturated carbocycles. The Morgan fingerprint density at radius 2 is 2.00 bits per heavy atom. The van der Waals surface area contributed by atoms with Gasteiger partial charge in [-0.25, -0.2) is 13.4 Å². The van der Waals surface area contributed by atoms with Gasteiger partial charge in [-0.3, -0.25) is 0 Å². The Balaban J connectivity index is 2.39. The number of imidazole rings is 1. The minimum Gasteiger partial charge on any atom is -0.329 e. The van der Waals surface area contributed by atoms with Crippen molar-refractivity contribution in [3.8, 4) is 0 Å². The largest absolute Gasteiger partial charge is 0.329 e. The van der Waals surface area contributed by atoms with Crippen molar-refractivity contribution >= 4 is 42.9 Å². The molecule has 2 aromatic rings. The van der Waals surface area contributed by atoms with Gasteiger partial charge in [0.25, 0.3) is 9.05 Å². The lowest BCUT2D eigenvalue weighted by molar-refractivity contribution is 0.606. The summed E-state index contributed by atoms with van der Waals surface area (Å²) in [5.74, 6) is 0.523. The van der Waals surface area contributed by atoms with E-state index in [-0.39, 0.29) is 5.03 Å². The highest BCUT2D eigenvalue weighted by molar-refractivity contribution is 8.13. The van der Waals surface area contributed by atoms with Gasteiger partial charge in [0.2, 0.25) is 0 Å². The second-order valence-electron chi connectivity index (χ2n) is 3.93. The Hall–Kier alpha value is -0.750. The Labute approximate surface area is 125 Å². The van der Waals surface area contributed by atoms with E-state index >= 15 is 0 Å². The van der Waals surface area contributed by atoms with Gasteiger partial charge in [0.05, 0.1) is 6.54 Å². The van der Waals surface area contributed by atoms with Gasteiger partial charge >= 0.3 is 0 Å². The third-order valence-electron chi connectivity index (χ3n) is 2.55. The van der Waals surface area contributed by atoms with Crippen molar-refractivity contribution in [3.63, 3.8) is 0 Å². The van der Waals surface area contributed by atoms with Gasteiger partial charge in [-0.2, -0.15) is 0 Å². The molecule has 0 aliphatic heterocycles. The molecule has 0 unspecified atom stereocenters. The maximum Gasteiger partial charge on any atom is 0.280 e. The molecule has 19 heavy (non-hydrogen) atoms. The lowest BCUT2D eigenvalue weighted by atomic mass is 10.2. The molecule has 2 rings (SSSR count). The summed E-state index contributed by atoms with van der Waals surface area (Å²) in [5.41, 5.74) is 0.771. The Bertz CT molecular complexity index is 726. The fourth-order valence-corrected chi connectivity index (χ4v) is 2.69. The predicted molar refractivity (Wildman–Crippen MR) is 75.6 cm³/mol. The number of hydrogen-bond donors (Lipinski definition) is 0. The molecule has 0 bridgehead atoms. The molecule has 0 radical (unpaired) electrons. The fourth-order valence-electron chi connectivity index (χ4n) is 1.60. The molecular weight excluding hydrogens is 331 g/mol. The first-order valence-electron chi connectivity index (χ1n) is 5.20. The molecule has 0 aliphatic rings. The van der Waals surface area contributed by atoms with Gasteiger partial charge in [-0.05, 0) is 30.7 Å². The summed E-state index contributed by atoms with van der Waals surface area (Å²) in [7, 11) is 1.42. The van der Waals surface area contributed by atoms with Crippen LogP contribution < -0.4 is 0 Å². The first-order chi connectivity index (χ1) is 8.77. The van der Waals surface area contributed by atoms with Crippen LogP contribution in [0.25, 0.3) is 0 Å². The van der Waals surface area contributed by atoms with Gasteiger partial charge in [0, 0.05) is 26.9 Å². The van der Waals surface area contributed by atoms with E-state index in [2.05, 4.69) is 4.98 Å². The molecule has 0 saturated heterocycles. The van der Waals surface area contributed by atoms with Crippen LogP contribution in [0.5, 0.6) is 0 Å². The predicted octanol–water partition coefficient (Wildman–Crippen LogP) is 3.47. The molecule has 1 aromatic heterocycles. The van der Waals surface area contributed by atoms with Gasteiger partial charge in [-0.1, -0.05) is 23.2 Å². The van der Waals surface area contributed by atoms with Gasteiger partial charge in [-0.15, -0.1) is 0 Å². The number of aromatic nitrogens is 2. The van der Waals surface area contributed by atoms with Crippen LogP contribution in [-0.4, -0.2) is 18.0 Å². The summed E-state index contributed by atoms with van der Waals surface area (Å²) in [6.07, 6.45) is 1.37. The van der Waals surface area contributed by atoms with E-state index in [1.165, 1.54) is 6.20 Å². The van der Waals surface area contributed by atoms with Crippen LogP contribution in [-0.2, 0) is 15.6 Å². The van der Waals surface area contributed by atoms with Crippen molar-refractivity contribution in [2.45, 2.75) is 18.5 Å². The minimum atomic E-state index is -3.83. The lowest BCUT2D eigenvalue weighted by Crippen LogP contribution is -2.01. The summed E-state index contributed by atoms with van der Waals surface area (Å²) in [6, 6.07) is 5.09. The second-order valence-corrected chi connectivity index (χ2v) is 7.28. The third kappa shape index (κ3) is 3.42. The molecule has 0 amide bonds. The van der Waals surface area contributed by atoms with Crippen molar-refractivity contribution in [3.05, 3.63) is 45.8 Å². The van der Waals surface area contributed by atoms with Crippen LogP contribution in [0.3, 0.4) is 0 Å². The molecule has 8 heteroatoms. The zero-order valence-corrected chi connectivity index (χ0v) is 12.9. The van der Waals surface area contributed by atoms with Gasteiger partial charge < -0.3 is 4.57 Å². The minimum absolute atomic E-state index is 0.176. The summed E-state index contributed by atoms with van der Waals surface area (Å²) < 4.78 is 24.1. The molecule has 1 heterocycles. The highest BCUT2D eigenvalue weighted by Gasteiger charge is 2.16. The first kappa shape index (κ1) is 14.7. The van der Waals surface area contributed by atoms with Crippen LogP contribution in [0.4, 0.5) is 0 Å². The van der Waals surface area contributed by atoms with Crippen molar-refractivity contribution in [2.75, 3.05) is 0 Å². The monoisotopic (exact) mass is 338 g/mol. The van der Waals surface area contributed by atoms with Crippen LogP contribution in [0, 0.1) is 6.92 Å². The van der Waals surface area contributed by atoms with Crippen molar-refractivity contribution < 1.29 is 8.42 Å². The van der Waals surface area contributed by atoms with E-state index < -0.39 is 9.05 Å². The maximum atomic E-state index is 11.2. The molecule has 0 N–H and O–H groups in total. The Morgan fingerprint density at radius 3 is 2.58 bits per heavy atom. The van der Waals surface area contributed by atoms with Crippen molar-refractivity contribution in [1.29, 1.82) is 0 Å². The standard InChI is InChI=1S/C11H9Cl3N2O2S/c1-7-15-11(19(14,17)18)6-16(7)5-8-4-9(12)2-3-10(8)13/h2-4,6H,5H2,1H3. The summed E-state index contributed by atoms with van der Waals surface area (Å²) in [5, 5.41) is 0.931. The van der Waals surface area contributed by atoms with E-state index in [0.29, 0.717) is 22.4 Å². The topological polar surface area (TPSA) is 52.0 Å². The zero-order chi connectivity index (χ0) is 14.2. The van der Waals surface area contributed by atoms with E-state index in [4.69, 9.17) is 33.9 Å². The molecule has 4 nitrogen and oxygen atoms in total. The number of hydrogen-bond acceptors (Lipinski definition) is 3. The number of nitrogens with zero attached hydrogens (tertiary/aromatic N) is 2. The van der Waals surface area contributed by atoms with E-state index in [0.717, 1.165) is 5.56 Å². The number of rotatable bonds is 3. The van der Waals surface area contributed by atoms with Gasteiger partial charge in [0.15, 0.2) is 5.03 Å². The Kier molecular flexibility index (Phi) is 4.11. The smallest absolute Gasteiger partial charge is 0.280 e. The van der Waals surface area contributed by atoms with Crippen molar-refractivity contribution in [2.24, 2.45) is 0 Å². The summed E-state index contributed by atoms with van der Waals surface area (Å²) in [6.45, 7) is 2.05. The summed E-state index contributed by atoms with van der Waals surface area (Å²) in [4.78, 5) is 3.90. The molecule has 0 atom stereocenters. The average molecular weight is 340 g/mol. The molecule has 1 aromatic carbocycles. The highest BCUT2D eigenvalue weighted by atomic mass is 35.7. The van der Waals surface area contributed by atoms with Crippen LogP contribution in [0.15, 0.2) is 29.4 Å². The van der Waals surface area contributed by atoms with Crippen LogP contribution >= 0.6 is 33.9 Å². The number of halogens is 3. The first-order valence-corrected chi connectivity index (χ1v) is 8.26. The Morgan fingerprint density at radius 1 is 1.32 bits per heavy atom. The normalized spacial score (nSPS) is 11.8. The van der Waals surface area contributed by atoms with E-state index in [9.17, 15) is 8.42 Å². The van der Waals surface area contributed by atoms with E-state index in [1.807, 2.05) is 0 Å².